The summed E-state index contributed by atoms with van der Waals surface area (Å²) in [5.74, 6) is -1.37. The van der Waals surface area contributed by atoms with Crippen molar-refractivity contribution >= 4 is 33.2 Å². The van der Waals surface area contributed by atoms with Crippen molar-refractivity contribution in [3.63, 3.8) is 0 Å². The van der Waals surface area contributed by atoms with Gasteiger partial charge in [-0.1, -0.05) is 24.3 Å². The molecule has 0 spiro atoms. The van der Waals surface area contributed by atoms with Gasteiger partial charge in [0.15, 0.2) is 6.17 Å². The molecule has 9 heteroatoms. The topological polar surface area (TPSA) is 130 Å². The Balaban J connectivity index is 1.87. The van der Waals surface area contributed by atoms with Crippen LogP contribution in [0, 0.1) is 0 Å². The van der Waals surface area contributed by atoms with E-state index in [0.717, 1.165) is 0 Å². The number of benzene rings is 2. The molecule has 1 heterocycles. The van der Waals surface area contributed by atoms with Crippen LogP contribution >= 0.6 is 0 Å². The first kappa shape index (κ1) is 16.0. The molecule has 5 N–H and O–H groups in total. The van der Waals surface area contributed by atoms with Gasteiger partial charge in [0.05, 0.1) is 16.9 Å². The van der Waals surface area contributed by atoms with Crippen molar-refractivity contribution in [2.24, 2.45) is 5.73 Å². The maximum absolute atomic E-state index is 12.4. The molecule has 124 valence electrons. The van der Waals surface area contributed by atoms with E-state index < -0.39 is 28.0 Å². The summed E-state index contributed by atoms with van der Waals surface area (Å²) in [6.45, 7) is 0. The molecular formula is C15H14N4O4S. The third kappa shape index (κ3) is 2.94. The largest absolute Gasteiger partial charge is 0.366 e. The summed E-state index contributed by atoms with van der Waals surface area (Å²) in [6.07, 6.45) is -1.22. The Morgan fingerprint density at radius 1 is 1.04 bits per heavy atom. The van der Waals surface area contributed by atoms with Crippen LogP contribution in [0.15, 0.2) is 53.4 Å². The number of primary amides is 1. The number of sulfonamides is 1. The molecule has 1 aliphatic heterocycles. The lowest BCUT2D eigenvalue weighted by atomic mass is 10.1. The summed E-state index contributed by atoms with van der Waals surface area (Å²) < 4.78 is 26.7. The second-order valence-corrected chi connectivity index (χ2v) is 6.78. The van der Waals surface area contributed by atoms with Crippen molar-refractivity contribution in [1.82, 2.24) is 4.72 Å². The van der Waals surface area contributed by atoms with E-state index in [1.54, 1.807) is 30.3 Å². The standard InChI is InChI=1S/C15H14N4O4S/c16-13(20)9-5-1-2-6-10(9)18-15(21)14-17-11-7-3-4-8-12(11)24(22,23)19-14/h1-8,14,17,19H,(H2,16,20)(H,18,21)/t14-/m0/s1. The number of amides is 2. The average Bonchev–Trinajstić information content (AvgIpc) is 2.54. The van der Waals surface area contributed by atoms with Crippen molar-refractivity contribution in [2.45, 2.75) is 11.1 Å². The molecule has 1 atom stereocenters. The summed E-state index contributed by atoms with van der Waals surface area (Å²) >= 11 is 0. The Hall–Kier alpha value is -2.91. The molecule has 2 amide bonds. The van der Waals surface area contributed by atoms with Crippen molar-refractivity contribution in [1.29, 1.82) is 0 Å². The molecule has 0 aromatic heterocycles. The molecule has 1 aliphatic rings. The highest BCUT2D eigenvalue weighted by atomic mass is 32.2. The van der Waals surface area contributed by atoms with Crippen molar-refractivity contribution < 1.29 is 18.0 Å². The number of nitrogens with two attached hydrogens (primary N) is 1. The van der Waals surface area contributed by atoms with Crippen LogP contribution in [-0.2, 0) is 14.8 Å². The van der Waals surface area contributed by atoms with Gasteiger partial charge in [-0.05, 0) is 24.3 Å². The van der Waals surface area contributed by atoms with Crippen LogP contribution in [0.4, 0.5) is 11.4 Å². The minimum absolute atomic E-state index is 0.0617. The highest BCUT2D eigenvalue weighted by Gasteiger charge is 2.33. The number of anilines is 2. The lowest BCUT2D eigenvalue weighted by molar-refractivity contribution is -0.117. The summed E-state index contributed by atoms with van der Waals surface area (Å²) in [4.78, 5) is 23.8. The molecule has 2 aromatic rings. The van der Waals surface area contributed by atoms with Crippen molar-refractivity contribution in [3.05, 3.63) is 54.1 Å². The monoisotopic (exact) mass is 346 g/mol. The minimum Gasteiger partial charge on any atom is -0.366 e. The van der Waals surface area contributed by atoms with E-state index in [4.69, 9.17) is 5.73 Å². The number of fused-ring (bicyclic) bond motifs is 1. The summed E-state index contributed by atoms with van der Waals surface area (Å²) in [6, 6.07) is 12.4. The molecule has 0 aliphatic carbocycles. The summed E-state index contributed by atoms with van der Waals surface area (Å²) in [5, 5.41) is 5.30. The predicted molar refractivity (Wildman–Crippen MR) is 87.8 cm³/mol. The quantitative estimate of drug-likeness (QED) is 0.641. The predicted octanol–water partition coefficient (Wildman–Crippen LogP) is 0.454. The Kier molecular flexibility index (Phi) is 3.96. The van der Waals surface area contributed by atoms with Gasteiger partial charge in [-0.2, -0.15) is 4.72 Å². The van der Waals surface area contributed by atoms with Gasteiger partial charge in [0.1, 0.15) is 4.90 Å². The van der Waals surface area contributed by atoms with Gasteiger partial charge in [-0.25, -0.2) is 8.42 Å². The first-order valence-corrected chi connectivity index (χ1v) is 8.44. The zero-order valence-corrected chi connectivity index (χ0v) is 13.1. The molecule has 0 unspecified atom stereocenters. The number of nitrogens with one attached hydrogen (secondary N) is 3. The van der Waals surface area contributed by atoms with Crippen LogP contribution in [0.1, 0.15) is 10.4 Å². The normalized spacial score (nSPS) is 18.1. The van der Waals surface area contributed by atoms with E-state index in [-0.39, 0.29) is 16.1 Å². The van der Waals surface area contributed by atoms with Crippen molar-refractivity contribution in [2.75, 3.05) is 10.6 Å². The van der Waals surface area contributed by atoms with E-state index in [1.807, 2.05) is 0 Å². The third-order valence-corrected chi connectivity index (χ3v) is 4.94. The maximum atomic E-state index is 12.4. The van der Waals surface area contributed by atoms with Gasteiger partial charge in [-0.3, -0.25) is 9.59 Å². The van der Waals surface area contributed by atoms with Gasteiger partial charge < -0.3 is 16.4 Å². The zero-order chi connectivity index (χ0) is 17.3. The third-order valence-electron chi connectivity index (χ3n) is 3.46. The summed E-state index contributed by atoms with van der Waals surface area (Å²) in [7, 11) is -3.82. The highest BCUT2D eigenvalue weighted by Crippen LogP contribution is 2.25. The van der Waals surface area contributed by atoms with Crippen LogP contribution in [0.5, 0.6) is 0 Å². The van der Waals surface area contributed by atoms with Gasteiger partial charge in [0, 0.05) is 0 Å². The van der Waals surface area contributed by atoms with Crippen molar-refractivity contribution in [3.8, 4) is 0 Å². The highest BCUT2D eigenvalue weighted by molar-refractivity contribution is 7.89. The molecule has 0 bridgehead atoms. The number of hydrogen-bond donors (Lipinski definition) is 4. The second kappa shape index (κ2) is 5.95. The molecule has 0 saturated heterocycles. The van der Waals surface area contributed by atoms with E-state index in [2.05, 4.69) is 15.4 Å². The van der Waals surface area contributed by atoms with Gasteiger partial charge in [0.2, 0.25) is 10.0 Å². The molecular weight excluding hydrogens is 332 g/mol. The fourth-order valence-electron chi connectivity index (χ4n) is 2.35. The molecule has 3 rings (SSSR count). The lowest BCUT2D eigenvalue weighted by Gasteiger charge is -2.27. The molecule has 0 fully saturated rings. The Bertz CT molecular complexity index is 927. The number of para-hydroxylation sites is 2. The van der Waals surface area contributed by atoms with Crippen LogP contribution in [0.2, 0.25) is 0 Å². The number of rotatable bonds is 3. The molecule has 24 heavy (non-hydrogen) atoms. The smallest absolute Gasteiger partial charge is 0.262 e. The van der Waals surface area contributed by atoms with Gasteiger partial charge in [-0.15, -0.1) is 0 Å². The van der Waals surface area contributed by atoms with Crippen LogP contribution in [-0.4, -0.2) is 26.4 Å². The van der Waals surface area contributed by atoms with Gasteiger partial charge >= 0.3 is 0 Å². The number of hydrogen-bond acceptors (Lipinski definition) is 5. The van der Waals surface area contributed by atoms with Crippen LogP contribution in [0.25, 0.3) is 0 Å². The van der Waals surface area contributed by atoms with Crippen LogP contribution in [0.3, 0.4) is 0 Å². The SMILES string of the molecule is NC(=O)c1ccccc1NC(=O)[C@H]1Nc2ccccc2S(=O)(=O)N1. The Labute approximate surface area is 138 Å². The Morgan fingerprint density at radius 3 is 2.46 bits per heavy atom. The molecule has 8 nitrogen and oxygen atoms in total. The maximum Gasteiger partial charge on any atom is 0.262 e. The number of carbonyl (C=O) groups is 2. The lowest BCUT2D eigenvalue weighted by Crippen LogP contribution is -2.51. The number of carbonyl (C=O) groups excluding carboxylic acids is 2. The molecule has 0 saturated carbocycles. The first-order valence-electron chi connectivity index (χ1n) is 6.96. The fraction of sp³-hybridized carbons (Fsp3) is 0.0667. The van der Waals surface area contributed by atoms with E-state index >= 15 is 0 Å². The summed E-state index contributed by atoms with van der Waals surface area (Å²) in [5.41, 5.74) is 5.91. The van der Waals surface area contributed by atoms with E-state index in [0.29, 0.717) is 5.69 Å². The zero-order valence-electron chi connectivity index (χ0n) is 12.3. The van der Waals surface area contributed by atoms with E-state index in [9.17, 15) is 18.0 Å². The average molecular weight is 346 g/mol. The van der Waals surface area contributed by atoms with E-state index in [1.165, 1.54) is 18.2 Å². The fourth-order valence-corrected chi connectivity index (χ4v) is 3.63. The minimum atomic E-state index is -3.82. The molecule has 0 radical (unpaired) electrons. The molecule has 2 aromatic carbocycles. The first-order chi connectivity index (χ1) is 11.4. The second-order valence-electron chi connectivity index (χ2n) is 5.09. The van der Waals surface area contributed by atoms with Crippen LogP contribution < -0.4 is 21.1 Å². The van der Waals surface area contributed by atoms with Gasteiger partial charge in [0.25, 0.3) is 11.8 Å². The Morgan fingerprint density at radius 2 is 1.71 bits per heavy atom.